The van der Waals surface area contributed by atoms with Crippen LogP contribution < -0.4 is 4.74 Å². The number of hydrogen-bond donors (Lipinski definition) is 0. The Balaban J connectivity index is 1.83. The molecule has 0 aromatic heterocycles. The minimum Gasteiger partial charge on any atom is -0.492 e. The first-order valence-electron chi connectivity index (χ1n) is 10.7. The summed E-state index contributed by atoms with van der Waals surface area (Å²) in [7, 11) is 1.11. The number of rotatable bonds is 8. The number of hydrogen-bond acceptors (Lipinski definition) is 2. The average Bonchev–Trinajstić information content (AvgIpc) is 2.83. The number of ether oxygens (including phenoxy) is 1. The molecule has 3 nitrogen and oxygen atoms in total. The van der Waals surface area contributed by atoms with E-state index in [4.69, 9.17) is 4.74 Å². The molecule has 3 rings (SSSR count). The molecule has 0 heterocycles. The van der Waals surface area contributed by atoms with E-state index in [1.54, 1.807) is 12.1 Å². The van der Waals surface area contributed by atoms with Crippen molar-refractivity contribution in [2.45, 2.75) is 19.5 Å². The molecule has 0 aliphatic carbocycles. The van der Waals surface area contributed by atoms with Gasteiger partial charge in [-0.05, 0) is 46.4 Å². The number of carbonyl (C=O) groups excluding carboxylic acids is 1. The van der Waals surface area contributed by atoms with Gasteiger partial charge in [-0.3, -0.25) is 4.79 Å². The Morgan fingerprint density at radius 3 is 1.85 bits per heavy atom. The van der Waals surface area contributed by atoms with Crippen LogP contribution in [0, 0.1) is 0 Å². The van der Waals surface area contributed by atoms with Gasteiger partial charge < -0.3 is 9.64 Å². The first-order valence-corrected chi connectivity index (χ1v) is 10.7. The van der Waals surface area contributed by atoms with Crippen molar-refractivity contribution in [2.24, 2.45) is 0 Å². The summed E-state index contributed by atoms with van der Waals surface area (Å²) in [6.45, 7) is 1.92. The molecular weight excluding hydrogens is 427 g/mol. The SMILES string of the molecule is CC/C(=C(\c1ccccc1)c1ccc(OCCN(C)C(=O)C(F)(F)F)cc1)c1ccccc1. The number of alkyl halides is 3. The largest absolute Gasteiger partial charge is 0.492 e. The molecule has 0 aliphatic rings. The summed E-state index contributed by atoms with van der Waals surface area (Å²) in [5.74, 6) is -1.36. The Morgan fingerprint density at radius 2 is 1.33 bits per heavy atom. The minimum absolute atomic E-state index is 0.0384. The maximum Gasteiger partial charge on any atom is 0.471 e. The van der Waals surface area contributed by atoms with E-state index in [1.165, 1.54) is 5.57 Å². The van der Waals surface area contributed by atoms with Crippen LogP contribution in [0.25, 0.3) is 11.1 Å². The van der Waals surface area contributed by atoms with Crippen molar-refractivity contribution in [3.8, 4) is 5.75 Å². The minimum atomic E-state index is -4.88. The molecule has 6 heteroatoms. The molecule has 3 aromatic rings. The Hall–Kier alpha value is -3.54. The van der Waals surface area contributed by atoms with Crippen LogP contribution in [-0.4, -0.2) is 37.2 Å². The molecular formula is C27H26F3NO2. The van der Waals surface area contributed by atoms with E-state index in [1.807, 2.05) is 48.5 Å². The van der Waals surface area contributed by atoms with Crippen LogP contribution in [0.15, 0.2) is 84.9 Å². The number of likely N-dealkylation sites (N-methyl/N-ethyl adjacent to an activating group) is 1. The monoisotopic (exact) mass is 453 g/mol. The van der Waals surface area contributed by atoms with Crippen molar-refractivity contribution in [3.05, 3.63) is 102 Å². The summed E-state index contributed by atoms with van der Waals surface area (Å²) in [4.78, 5) is 11.8. The molecule has 0 spiro atoms. The smallest absolute Gasteiger partial charge is 0.471 e. The molecule has 0 saturated carbocycles. The van der Waals surface area contributed by atoms with E-state index in [2.05, 4.69) is 31.2 Å². The number of nitrogens with zero attached hydrogens (tertiary/aromatic N) is 1. The van der Waals surface area contributed by atoms with Crippen LogP contribution in [0.4, 0.5) is 13.2 Å². The van der Waals surface area contributed by atoms with Gasteiger partial charge in [-0.15, -0.1) is 0 Å². The quantitative estimate of drug-likeness (QED) is 0.367. The van der Waals surface area contributed by atoms with Gasteiger partial charge in [0.15, 0.2) is 0 Å². The van der Waals surface area contributed by atoms with Gasteiger partial charge in [0.2, 0.25) is 0 Å². The highest BCUT2D eigenvalue weighted by molar-refractivity contribution is 5.98. The molecule has 0 N–H and O–H groups in total. The van der Waals surface area contributed by atoms with Gasteiger partial charge in [0.25, 0.3) is 0 Å². The Labute approximate surface area is 192 Å². The van der Waals surface area contributed by atoms with Crippen molar-refractivity contribution < 1.29 is 22.7 Å². The second-order valence-electron chi connectivity index (χ2n) is 7.54. The van der Waals surface area contributed by atoms with Gasteiger partial charge in [-0.1, -0.05) is 79.7 Å². The van der Waals surface area contributed by atoms with Crippen LogP contribution in [0.5, 0.6) is 5.75 Å². The molecule has 0 saturated heterocycles. The van der Waals surface area contributed by atoms with E-state index >= 15 is 0 Å². The van der Waals surface area contributed by atoms with Crippen LogP contribution in [0.1, 0.15) is 30.0 Å². The molecule has 0 radical (unpaired) electrons. The molecule has 3 aromatic carbocycles. The molecule has 0 bridgehead atoms. The zero-order valence-electron chi connectivity index (χ0n) is 18.6. The lowest BCUT2D eigenvalue weighted by atomic mass is 9.88. The molecule has 1 amide bonds. The predicted molar refractivity (Wildman–Crippen MR) is 125 cm³/mol. The average molecular weight is 454 g/mol. The van der Waals surface area contributed by atoms with E-state index in [9.17, 15) is 18.0 Å². The second kappa shape index (κ2) is 10.9. The normalized spacial score (nSPS) is 12.2. The maximum atomic E-state index is 12.5. The third-order valence-electron chi connectivity index (χ3n) is 5.27. The van der Waals surface area contributed by atoms with E-state index in [0.717, 1.165) is 35.7 Å². The summed E-state index contributed by atoms with van der Waals surface area (Å²) >= 11 is 0. The lowest BCUT2D eigenvalue weighted by Crippen LogP contribution is -2.40. The van der Waals surface area contributed by atoms with Crippen molar-refractivity contribution in [1.82, 2.24) is 4.90 Å². The van der Waals surface area contributed by atoms with Crippen LogP contribution >= 0.6 is 0 Å². The number of allylic oxidation sites excluding steroid dienone is 1. The highest BCUT2D eigenvalue weighted by atomic mass is 19.4. The van der Waals surface area contributed by atoms with Gasteiger partial charge in [0, 0.05) is 7.05 Å². The Kier molecular flexibility index (Phi) is 7.93. The zero-order valence-corrected chi connectivity index (χ0v) is 18.6. The van der Waals surface area contributed by atoms with Gasteiger partial charge >= 0.3 is 12.1 Å². The van der Waals surface area contributed by atoms with Gasteiger partial charge in [-0.25, -0.2) is 0 Å². The van der Waals surface area contributed by atoms with Crippen LogP contribution in [0.2, 0.25) is 0 Å². The molecule has 0 atom stereocenters. The molecule has 0 fully saturated rings. The summed E-state index contributed by atoms with van der Waals surface area (Å²) in [5.41, 5.74) is 5.59. The molecule has 0 aliphatic heterocycles. The van der Waals surface area contributed by atoms with E-state index in [-0.39, 0.29) is 13.2 Å². The third-order valence-corrected chi connectivity index (χ3v) is 5.27. The highest BCUT2D eigenvalue weighted by Crippen LogP contribution is 2.34. The molecule has 172 valence electrons. The zero-order chi connectivity index (χ0) is 23.8. The maximum absolute atomic E-state index is 12.5. The predicted octanol–water partition coefficient (Wildman–Crippen LogP) is 6.46. The number of halogens is 3. The lowest BCUT2D eigenvalue weighted by Gasteiger charge is -2.19. The summed E-state index contributed by atoms with van der Waals surface area (Å²) in [6.07, 6.45) is -4.04. The van der Waals surface area contributed by atoms with Crippen LogP contribution in [0.3, 0.4) is 0 Å². The van der Waals surface area contributed by atoms with E-state index in [0.29, 0.717) is 10.6 Å². The van der Waals surface area contributed by atoms with Crippen molar-refractivity contribution in [2.75, 3.05) is 20.2 Å². The fraction of sp³-hybridized carbons (Fsp3) is 0.222. The first kappa shape index (κ1) is 24.1. The Morgan fingerprint density at radius 1 is 0.818 bits per heavy atom. The van der Waals surface area contributed by atoms with Crippen molar-refractivity contribution in [3.63, 3.8) is 0 Å². The van der Waals surface area contributed by atoms with Crippen molar-refractivity contribution in [1.29, 1.82) is 0 Å². The molecule has 33 heavy (non-hydrogen) atoms. The van der Waals surface area contributed by atoms with Gasteiger partial charge in [-0.2, -0.15) is 13.2 Å². The molecule has 0 unspecified atom stereocenters. The standard InChI is InChI=1S/C27H26F3NO2/c1-3-24(20-10-6-4-7-11-20)25(21-12-8-5-9-13-21)22-14-16-23(17-15-22)33-19-18-31(2)26(32)27(28,29)30/h4-17H,3,18-19H2,1-2H3/b25-24-. The number of carbonyl (C=O) groups is 1. The second-order valence-corrected chi connectivity index (χ2v) is 7.54. The lowest BCUT2D eigenvalue weighted by molar-refractivity contribution is -0.184. The number of benzene rings is 3. The summed E-state index contributed by atoms with van der Waals surface area (Å²) in [6, 6.07) is 27.8. The fourth-order valence-corrected chi connectivity index (χ4v) is 3.62. The summed E-state index contributed by atoms with van der Waals surface area (Å²) in [5, 5.41) is 0. The van der Waals surface area contributed by atoms with Crippen molar-refractivity contribution >= 4 is 17.1 Å². The van der Waals surface area contributed by atoms with E-state index < -0.39 is 12.1 Å². The summed E-state index contributed by atoms with van der Waals surface area (Å²) < 4.78 is 43.0. The van der Waals surface area contributed by atoms with Crippen LogP contribution in [-0.2, 0) is 4.79 Å². The topological polar surface area (TPSA) is 29.5 Å². The first-order chi connectivity index (χ1) is 15.8. The fourth-order valence-electron chi connectivity index (χ4n) is 3.62. The Bertz CT molecular complexity index is 1080. The third kappa shape index (κ3) is 6.25. The highest BCUT2D eigenvalue weighted by Gasteiger charge is 2.41. The van der Waals surface area contributed by atoms with Gasteiger partial charge in [0.1, 0.15) is 12.4 Å². The van der Waals surface area contributed by atoms with Gasteiger partial charge in [0.05, 0.1) is 6.54 Å². The number of amides is 1.